The summed E-state index contributed by atoms with van der Waals surface area (Å²) in [6, 6.07) is 3.81. The van der Waals surface area contributed by atoms with Crippen LogP contribution in [0.1, 0.15) is 24.0 Å². The standard InChI is InChI=1S/C12H15ClO2/c1-8-5-10(15-2)6-9(11(8)13)7-12(14)3-4-12/h5-6,14H,3-4,7H2,1-2H3. The van der Waals surface area contributed by atoms with E-state index >= 15 is 0 Å². The summed E-state index contributed by atoms with van der Waals surface area (Å²) < 4.78 is 5.19. The maximum Gasteiger partial charge on any atom is 0.119 e. The van der Waals surface area contributed by atoms with Crippen molar-refractivity contribution in [2.45, 2.75) is 31.8 Å². The van der Waals surface area contributed by atoms with Crippen LogP contribution >= 0.6 is 11.6 Å². The third-order valence-electron chi connectivity index (χ3n) is 2.89. The lowest BCUT2D eigenvalue weighted by atomic mass is 10.0. The summed E-state index contributed by atoms with van der Waals surface area (Å²) in [4.78, 5) is 0. The van der Waals surface area contributed by atoms with Gasteiger partial charge in [-0.25, -0.2) is 0 Å². The molecule has 1 aliphatic rings. The van der Waals surface area contributed by atoms with Crippen molar-refractivity contribution in [3.05, 3.63) is 28.3 Å². The second-order valence-electron chi connectivity index (χ2n) is 4.32. The number of hydrogen-bond acceptors (Lipinski definition) is 2. The van der Waals surface area contributed by atoms with Gasteiger partial charge < -0.3 is 9.84 Å². The van der Waals surface area contributed by atoms with Crippen molar-refractivity contribution in [2.24, 2.45) is 0 Å². The summed E-state index contributed by atoms with van der Waals surface area (Å²) in [6.45, 7) is 1.95. The number of ether oxygens (including phenoxy) is 1. The van der Waals surface area contributed by atoms with Gasteiger partial charge in [0.05, 0.1) is 12.7 Å². The van der Waals surface area contributed by atoms with Crippen LogP contribution in [0.5, 0.6) is 5.75 Å². The minimum Gasteiger partial charge on any atom is -0.497 e. The van der Waals surface area contributed by atoms with Crippen molar-refractivity contribution < 1.29 is 9.84 Å². The molecule has 82 valence electrons. The lowest BCUT2D eigenvalue weighted by Gasteiger charge is -2.13. The fourth-order valence-electron chi connectivity index (χ4n) is 1.73. The Labute approximate surface area is 94.8 Å². The third kappa shape index (κ3) is 2.27. The molecule has 1 fully saturated rings. The molecule has 1 aromatic carbocycles. The Hall–Kier alpha value is -0.730. The van der Waals surface area contributed by atoms with Gasteiger partial charge >= 0.3 is 0 Å². The molecule has 0 atom stereocenters. The van der Waals surface area contributed by atoms with Crippen molar-refractivity contribution >= 4 is 11.6 Å². The minimum atomic E-state index is -0.511. The summed E-state index contributed by atoms with van der Waals surface area (Å²) in [7, 11) is 1.64. The topological polar surface area (TPSA) is 29.5 Å². The summed E-state index contributed by atoms with van der Waals surface area (Å²) in [5.74, 6) is 0.802. The molecule has 0 aliphatic heterocycles. The molecule has 1 N–H and O–H groups in total. The molecule has 1 aliphatic carbocycles. The highest BCUT2D eigenvalue weighted by Gasteiger charge is 2.40. The van der Waals surface area contributed by atoms with Crippen LogP contribution in [-0.4, -0.2) is 17.8 Å². The first-order chi connectivity index (χ1) is 7.04. The van der Waals surface area contributed by atoms with Gasteiger partial charge in [-0.05, 0) is 43.0 Å². The summed E-state index contributed by atoms with van der Waals surface area (Å²) in [6.07, 6.45) is 2.38. The number of methoxy groups -OCH3 is 1. The fraction of sp³-hybridized carbons (Fsp3) is 0.500. The molecule has 2 nitrogen and oxygen atoms in total. The maximum atomic E-state index is 9.86. The van der Waals surface area contributed by atoms with Gasteiger partial charge in [0.2, 0.25) is 0 Å². The molecule has 0 saturated heterocycles. The van der Waals surface area contributed by atoms with Gasteiger partial charge in [-0.15, -0.1) is 0 Å². The van der Waals surface area contributed by atoms with Crippen LogP contribution in [-0.2, 0) is 6.42 Å². The second kappa shape index (κ2) is 3.69. The zero-order valence-electron chi connectivity index (χ0n) is 9.01. The first kappa shape index (κ1) is 10.8. The molecule has 0 bridgehead atoms. The van der Waals surface area contributed by atoms with Crippen LogP contribution in [0.15, 0.2) is 12.1 Å². The SMILES string of the molecule is COc1cc(C)c(Cl)c(CC2(O)CC2)c1. The van der Waals surface area contributed by atoms with Gasteiger partial charge in [-0.1, -0.05) is 11.6 Å². The fourth-order valence-corrected chi connectivity index (χ4v) is 1.90. The van der Waals surface area contributed by atoms with Crippen molar-refractivity contribution in [2.75, 3.05) is 7.11 Å². The number of hydrogen-bond donors (Lipinski definition) is 1. The average molecular weight is 227 g/mol. The van der Waals surface area contributed by atoms with Gasteiger partial charge in [-0.2, -0.15) is 0 Å². The van der Waals surface area contributed by atoms with E-state index in [1.807, 2.05) is 19.1 Å². The molecule has 0 radical (unpaired) electrons. The smallest absolute Gasteiger partial charge is 0.119 e. The van der Waals surface area contributed by atoms with E-state index in [2.05, 4.69) is 0 Å². The van der Waals surface area contributed by atoms with Crippen LogP contribution in [0.2, 0.25) is 5.02 Å². The second-order valence-corrected chi connectivity index (χ2v) is 4.70. The molecule has 2 rings (SSSR count). The Morgan fingerprint density at radius 1 is 1.47 bits per heavy atom. The Kier molecular flexibility index (Phi) is 2.65. The van der Waals surface area contributed by atoms with Crippen molar-refractivity contribution in [3.63, 3.8) is 0 Å². The molecule has 0 unspecified atom stereocenters. The Morgan fingerprint density at radius 3 is 2.67 bits per heavy atom. The summed E-state index contributed by atoms with van der Waals surface area (Å²) in [5, 5.41) is 10.6. The monoisotopic (exact) mass is 226 g/mol. The molecule has 0 heterocycles. The van der Waals surface area contributed by atoms with Crippen LogP contribution < -0.4 is 4.74 Å². The van der Waals surface area contributed by atoms with Crippen LogP contribution in [0, 0.1) is 6.92 Å². The molecule has 0 spiro atoms. The van der Waals surface area contributed by atoms with Gasteiger partial charge in [0, 0.05) is 11.4 Å². The first-order valence-electron chi connectivity index (χ1n) is 5.09. The zero-order chi connectivity index (χ0) is 11.1. The largest absolute Gasteiger partial charge is 0.497 e. The molecule has 0 aromatic heterocycles. The van der Waals surface area contributed by atoms with Crippen molar-refractivity contribution in [1.29, 1.82) is 0 Å². The molecule has 3 heteroatoms. The van der Waals surface area contributed by atoms with Gasteiger partial charge in [0.25, 0.3) is 0 Å². The molecule has 0 amide bonds. The first-order valence-corrected chi connectivity index (χ1v) is 5.47. The number of halogens is 1. The minimum absolute atomic E-state index is 0.511. The molecular weight excluding hydrogens is 212 g/mol. The molecular formula is C12H15ClO2. The van der Waals surface area contributed by atoms with Crippen LogP contribution in [0.3, 0.4) is 0 Å². The van der Waals surface area contributed by atoms with Gasteiger partial charge in [0.15, 0.2) is 0 Å². The number of aryl methyl sites for hydroxylation is 1. The quantitative estimate of drug-likeness (QED) is 0.859. The van der Waals surface area contributed by atoms with Crippen LogP contribution in [0.4, 0.5) is 0 Å². The molecule has 1 saturated carbocycles. The molecule has 1 aromatic rings. The van der Waals surface area contributed by atoms with Crippen LogP contribution in [0.25, 0.3) is 0 Å². The number of aliphatic hydroxyl groups is 1. The van der Waals surface area contributed by atoms with E-state index in [1.54, 1.807) is 7.11 Å². The predicted octanol–water partition coefficient (Wildman–Crippen LogP) is 2.72. The summed E-state index contributed by atoms with van der Waals surface area (Å²) >= 11 is 6.19. The van der Waals surface area contributed by atoms with E-state index in [1.165, 1.54) is 0 Å². The van der Waals surface area contributed by atoms with E-state index in [0.717, 1.165) is 34.7 Å². The van der Waals surface area contributed by atoms with Crippen molar-refractivity contribution in [3.8, 4) is 5.75 Å². The van der Waals surface area contributed by atoms with E-state index in [0.29, 0.717) is 6.42 Å². The highest BCUT2D eigenvalue weighted by Crippen LogP contribution is 2.40. The summed E-state index contributed by atoms with van der Waals surface area (Å²) in [5.41, 5.74) is 1.46. The Balaban J connectivity index is 2.31. The van der Waals surface area contributed by atoms with Gasteiger partial charge in [0.1, 0.15) is 5.75 Å². The number of rotatable bonds is 3. The van der Waals surface area contributed by atoms with E-state index < -0.39 is 5.60 Å². The van der Waals surface area contributed by atoms with E-state index in [4.69, 9.17) is 16.3 Å². The predicted molar refractivity (Wildman–Crippen MR) is 60.6 cm³/mol. The van der Waals surface area contributed by atoms with E-state index in [-0.39, 0.29) is 0 Å². The number of benzene rings is 1. The maximum absolute atomic E-state index is 9.86. The highest BCUT2D eigenvalue weighted by molar-refractivity contribution is 6.32. The average Bonchev–Trinajstić information content (AvgIpc) is 2.91. The lowest BCUT2D eigenvalue weighted by Crippen LogP contribution is -2.11. The Morgan fingerprint density at radius 2 is 2.13 bits per heavy atom. The lowest BCUT2D eigenvalue weighted by molar-refractivity contribution is 0.151. The molecule has 15 heavy (non-hydrogen) atoms. The van der Waals surface area contributed by atoms with Crippen molar-refractivity contribution in [1.82, 2.24) is 0 Å². The normalized spacial score (nSPS) is 17.6. The van der Waals surface area contributed by atoms with Gasteiger partial charge in [-0.3, -0.25) is 0 Å². The van der Waals surface area contributed by atoms with E-state index in [9.17, 15) is 5.11 Å². The zero-order valence-corrected chi connectivity index (χ0v) is 9.77. The highest BCUT2D eigenvalue weighted by atomic mass is 35.5. The third-order valence-corrected chi connectivity index (χ3v) is 3.43. The Bertz CT molecular complexity index is 383.